The minimum Gasteiger partial charge on any atom is -0.118 e. The van der Waals surface area contributed by atoms with Gasteiger partial charge in [-0.2, -0.15) is 0 Å². The van der Waals surface area contributed by atoms with Crippen molar-refractivity contribution >= 4 is 11.6 Å². The van der Waals surface area contributed by atoms with Crippen LogP contribution in [0.15, 0.2) is 24.3 Å². The molecule has 1 aromatic carbocycles. The molecule has 1 unspecified atom stereocenters. The van der Waals surface area contributed by atoms with Gasteiger partial charge >= 0.3 is 0 Å². The first-order chi connectivity index (χ1) is 6.77. The summed E-state index contributed by atoms with van der Waals surface area (Å²) in [5.74, 6) is 0. The fourth-order valence-electron chi connectivity index (χ4n) is 1.51. The maximum Gasteiger partial charge on any atom is 0.0582 e. The molecule has 0 aliphatic heterocycles. The summed E-state index contributed by atoms with van der Waals surface area (Å²) < 4.78 is 0. The van der Waals surface area contributed by atoms with Crippen LogP contribution in [0.4, 0.5) is 0 Å². The first kappa shape index (κ1) is 11.6. The Morgan fingerprint density at radius 1 is 1.14 bits per heavy atom. The van der Waals surface area contributed by atoms with E-state index in [0.717, 1.165) is 6.42 Å². The second-order valence-electron chi connectivity index (χ2n) is 3.72. The molecule has 0 N–H and O–H groups in total. The second-order valence-corrected chi connectivity index (χ2v) is 4.25. The van der Waals surface area contributed by atoms with E-state index in [1.807, 2.05) is 0 Å². The van der Waals surface area contributed by atoms with E-state index in [4.69, 9.17) is 11.6 Å². The number of halogens is 1. The highest BCUT2D eigenvalue weighted by Gasteiger charge is 2.03. The average Bonchev–Trinajstić information content (AvgIpc) is 2.26. The van der Waals surface area contributed by atoms with Crippen LogP contribution in [0.25, 0.3) is 0 Å². The number of alkyl halides is 1. The van der Waals surface area contributed by atoms with E-state index in [2.05, 4.69) is 38.1 Å². The standard InChI is InChI=1S/C13H19Cl/c1-3-5-6-11-7-9-12(10-8-11)13(14)4-2/h7-10,13H,3-6H2,1-2H3. The zero-order chi connectivity index (χ0) is 10.4. The number of hydrogen-bond acceptors (Lipinski definition) is 0. The Bertz CT molecular complexity index is 250. The van der Waals surface area contributed by atoms with Crippen LogP contribution in [0.2, 0.25) is 0 Å². The van der Waals surface area contributed by atoms with E-state index in [1.165, 1.54) is 30.4 Å². The molecule has 0 fully saturated rings. The molecule has 78 valence electrons. The van der Waals surface area contributed by atoms with Crippen LogP contribution >= 0.6 is 11.6 Å². The highest BCUT2D eigenvalue weighted by molar-refractivity contribution is 6.20. The normalized spacial score (nSPS) is 12.8. The predicted molar refractivity (Wildman–Crippen MR) is 63.9 cm³/mol. The number of benzene rings is 1. The Morgan fingerprint density at radius 3 is 2.29 bits per heavy atom. The molecule has 0 heterocycles. The number of unbranched alkanes of at least 4 members (excludes halogenated alkanes) is 1. The third-order valence-corrected chi connectivity index (χ3v) is 3.08. The van der Waals surface area contributed by atoms with Gasteiger partial charge in [0.25, 0.3) is 0 Å². The minimum atomic E-state index is 0.176. The maximum absolute atomic E-state index is 6.15. The zero-order valence-corrected chi connectivity index (χ0v) is 9.85. The maximum atomic E-state index is 6.15. The van der Waals surface area contributed by atoms with E-state index < -0.39 is 0 Å². The topological polar surface area (TPSA) is 0 Å². The Labute approximate surface area is 92.3 Å². The number of hydrogen-bond donors (Lipinski definition) is 0. The van der Waals surface area contributed by atoms with E-state index in [9.17, 15) is 0 Å². The van der Waals surface area contributed by atoms with Crippen molar-refractivity contribution in [3.63, 3.8) is 0 Å². The van der Waals surface area contributed by atoms with Crippen LogP contribution in [0.1, 0.15) is 49.6 Å². The molecule has 0 aromatic heterocycles. The van der Waals surface area contributed by atoms with Crippen molar-refractivity contribution in [2.45, 2.75) is 44.9 Å². The number of aryl methyl sites for hydroxylation is 1. The van der Waals surface area contributed by atoms with Gasteiger partial charge in [0, 0.05) is 0 Å². The van der Waals surface area contributed by atoms with Gasteiger partial charge < -0.3 is 0 Å². The van der Waals surface area contributed by atoms with E-state index in [-0.39, 0.29) is 5.38 Å². The Morgan fingerprint density at radius 2 is 1.79 bits per heavy atom. The van der Waals surface area contributed by atoms with Crippen molar-refractivity contribution in [2.24, 2.45) is 0 Å². The molecule has 14 heavy (non-hydrogen) atoms. The fraction of sp³-hybridized carbons (Fsp3) is 0.538. The summed E-state index contributed by atoms with van der Waals surface area (Å²) in [5, 5.41) is 0.176. The molecule has 0 amide bonds. The van der Waals surface area contributed by atoms with Crippen molar-refractivity contribution in [3.8, 4) is 0 Å². The van der Waals surface area contributed by atoms with Gasteiger partial charge in [-0.05, 0) is 30.4 Å². The Hall–Kier alpha value is -0.490. The molecule has 0 saturated heterocycles. The summed E-state index contributed by atoms with van der Waals surface area (Å²) in [6, 6.07) is 8.73. The fourth-order valence-corrected chi connectivity index (χ4v) is 1.66. The lowest BCUT2D eigenvalue weighted by atomic mass is 10.0. The first-order valence-electron chi connectivity index (χ1n) is 5.50. The lowest BCUT2D eigenvalue weighted by molar-refractivity contribution is 0.793. The van der Waals surface area contributed by atoms with Gasteiger partial charge in [0.2, 0.25) is 0 Å². The van der Waals surface area contributed by atoms with E-state index in [0.29, 0.717) is 0 Å². The first-order valence-corrected chi connectivity index (χ1v) is 5.94. The van der Waals surface area contributed by atoms with Gasteiger partial charge in [0.1, 0.15) is 0 Å². The molecule has 1 aromatic rings. The Balaban J connectivity index is 2.59. The molecule has 0 nitrogen and oxygen atoms in total. The monoisotopic (exact) mass is 210 g/mol. The van der Waals surface area contributed by atoms with E-state index in [1.54, 1.807) is 0 Å². The largest absolute Gasteiger partial charge is 0.118 e. The molecule has 0 aliphatic carbocycles. The molecule has 0 radical (unpaired) electrons. The van der Waals surface area contributed by atoms with Crippen molar-refractivity contribution in [3.05, 3.63) is 35.4 Å². The predicted octanol–water partition coefficient (Wildman–Crippen LogP) is 4.72. The van der Waals surface area contributed by atoms with Crippen LogP contribution in [0.5, 0.6) is 0 Å². The summed E-state index contributed by atoms with van der Waals surface area (Å²) in [4.78, 5) is 0. The third-order valence-electron chi connectivity index (χ3n) is 2.52. The molecule has 0 spiro atoms. The van der Waals surface area contributed by atoms with Crippen LogP contribution < -0.4 is 0 Å². The van der Waals surface area contributed by atoms with Crippen molar-refractivity contribution in [1.82, 2.24) is 0 Å². The van der Waals surface area contributed by atoms with Crippen molar-refractivity contribution < 1.29 is 0 Å². The molecular formula is C13H19Cl. The van der Waals surface area contributed by atoms with Crippen molar-refractivity contribution in [2.75, 3.05) is 0 Å². The molecule has 0 bridgehead atoms. The van der Waals surface area contributed by atoms with Crippen LogP contribution in [-0.2, 0) is 6.42 Å². The van der Waals surface area contributed by atoms with Gasteiger partial charge in [-0.15, -0.1) is 11.6 Å². The summed E-state index contributed by atoms with van der Waals surface area (Å²) in [6.07, 6.45) is 4.72. The summed E-state index contributed by atoms with van der Waals surface area (Å²) in [7, 11) is 0. The van der Waals surface area contributed by atoms with Crippen LogP contribution in [0, 0.1) is 0 Å². The van der Waals surface area contributed by atoms with Gasteiger partial charge in [0.15, 0.2) is 0 Å². The third kappa shape index (κ3) is 3.34. The quantitative estimate of drug-likeness (QED) is 0.617. The molecular weight excluding hydrogens is 192 g/mol. The molecule has 0 aliphatic rings. The minimum absolute atomic E-state index is 0.176. The molecule has 0 saturated carbocycles. The van der Waals surface area contributed by atoms with Crippen LogP contribution in [0.3, 0.4) is 0 Å². The zero-order valence-electron chi connectivity index (χ0n) is 9.09. The SMILES string of the molecule is CCCCc1ccc(C(Cl)CC)cc1. The molecule has 1 heteroatoms. The van der Waals surface area contributed by atoms with Gasteiger partial charge in [0.05, 0.1) is 5.38 Å². The molecule has 1 rings (SSSR count). The average molecular weight is 211 g/mol. The lowest BCUT2D eigenvalue weighted by Gasteiger charge is -2.07. The van der Waals surface area contributed by atoms with Gasteiger partial charge in [-0.3, -0.25) is 0 Å². The van der Waals surface area contributed by atoms with Gasteiger partial charge in [-0.1, -0.05) is 44.5 Å². The summed E-state index contributed by atoms with van der Waals surface area (Å²) >= 11 is 6.15. The van der Waals surface area contributed by atoms with Crippen molar-refractivity contribution in [1.29, 1.82) is 0 Å². The summed E-state index contributed by atoms with van der Waals surface area (Å²) in [5.41, 5.74) is 2.67. The van der Waals surface area contributed by atoms with Crippen LogP contribution in [-0.4, -0.2) is 0 Å². The van der Waals surface area contributed by atoms with E-state index >= 15 is 0 Å². The molecule has 1 atom stereocenters. The smallest absolute Gasteiger partial charge is 0.0582 e. The Kier molecular flexibility index (Phi) is 5.03. The lowest BCUT2D eigenvalue weighted by Crippen LogP contribution is -1.90. The highest BCUT2D eigenvalue weighted by Crippen LogP contribution is 2.23. The second kappa shape index (κ2) is 6.08. The summed E-state index contributed by atoms with van der Waals surface area (Å²) in [6.45, 7) is 4.34. The van der Waals surface area contributed by atoms with Gasteiger partial charge in [-0.25, -0.2) is 0 Å². The highest BCUT2D eigenvalue weighted by atomic mass is 35.5. The number of rotatable bonds is 5.